The van der Waals surface area contributed by atoms with Gasteiger partial charge in [-0.2, -0.15) is 0 Å². The van der Waals surface area contributed by atoms with E-state index < -0.39 is 92.2 Å². The van der Waals surface area contributed by atoms with Crippen LogP contribution in [0.2, 0.25) is 0 Å². The molecule has 0 bridgehead atoms. The van der Waals surface area contributed by atoms with E-state index in [1.165, 1.54) is 26.8 Å². The number of ether oxygens (including phenoxy) is 2. The molecule has 2 saturated carbocycles. The van der Waals surface area contributed by atoms with Crippen molar-refractivity contribution in [3.05, 3.63) is 60.5 Å². The molecule has 2 aliphatic heterocycles. The van der Waals surface area contributed by atoms with Gasteiger partial charge in [0.05, 0.1) is 42.1 Å². The number of nitrogens with zero attached hydrogens (tertiary/aromatic N) is 3. The molecule has 1 aromatic carbocycles. The summed E-state index contributed by atoms with van der Waals surface area (Å²) in [5.74, 6) is -5.20. The molecule has 2 aliphatic carbocycles. The van der Waals surface area contributed by atoms with Crippen LogP contribution in [0.4, 0.5) is 9.18 Å². The number of nitrogens with one attached hydrogen (secondary N) is 1. The summed E-state index contributed by atoms with van der Waals surface area (Å²) in [4.78, 5) is 85.8. The minimum absolute atomic E-state index is 0.0180. The fourth-order valence-corrected chi connectivity index (χ4v) is 9.01. The number of ketones is 1. The third kappa shape index (κ3) is 9.62. The van der Waals surface area contributed by atoms with Gasteiger partial charge in [0.1, 0.15) is 17.5 Å². The van der Waals surface area contributed by atoms with E-state index in [2.05, 4.69) is 17.9 Å². The van der Waals surface area contributed by atoms with E-state index in [-0.39, 0.29) is 57.9 Å². The Morgan fingerprint density at radius 1 is 1.13 bits per heavy atom. The molecular weight excluding hydrogens is 736 g/mol. The molecule has 1 N–H and O–H groups in total. The normalized spacial score (nSPS) is 23.6. The lowest BCUT2D eigenvalue weighted by Crippen LogP contribution is -2.49. The number of hydrogen-bond acceptors (Lipinski definition) is 10. The molecule has 4 aliphatic rings. The number of carbonyl (C=O) groups excluding carboxylic acids is 6. The molecule has 1 saturated heterocycles. The number of hydrogen-bond donors (Lipinski definition) is 1. The van der Waals surface area contributed by atoms with E-state index in [9.17, 15) is 41.6 Å². The molecular formula is C39H51FN4O10S. The zero-order valence-electron chi connectivity index (χ0n) is 31.9. The molecule has 5 atom stereocenters. The van der Waals surface area contributed by atoms with Crippen LogP contribution in [0.1, 0.15) is 83.8 Å². The average molecular weight is 787 g/mol. The van der Waals surface area contributed by atoms with Gasteiger partial charge >= 0.3 is 12.1 Å². The van der Waals surface area contributed by atoms with E-state index in [4.69, 9.17) is 9.47 Å². The Morgan fingerprint density at radius 2 is 1.84 bits per heavy atom. The summed E-state index contributed by atoms with van der Waals surface area (Å²) in [7, 11) is -3.91. The summed E-state index contributed by atoms with van der Waals surface area (Å²) in [5.41, 5.74) is -1.22. The first-order valence-electron chi connectivity index (χ1n) is 18.7. The van der Waals surface area contributed by atoms with E-state index in [1.54, 1.807) is 32.9 Å². The van der Waals surface area contributed by atoms with Crippen LogP contribution in [0.3, 0.4) is 0 Å². The van der Waals surface area contributed by atoms with Gasteiger partial charge in [0.2, 0.25) is 27.7 Å². The van der Waals surface area contributed by atoms with Crippen LogP contribution in [0.5, 0.6) is 0 Å². The molecule has 16 heteroatoms. The van der Waals surface area contributed by atoms with Crippen LogP contribution in [0.15, 0.2) is 43.5 Å². The van der Waals surface area contributed by atoms with Crippen LogP contribution in [-0.4, -0.2) is 101 Å². The van der Waals surface area contributed by atoms with Crippen molar-refractivity contribution in [3.8, 4) is 0 Å². The number of likely N-dealkylation sites (tertiary alicyclic amines) is 1. The van der Waals surface area contributed by atoms with E-state index >= 15 is 0 Å². The Bertz CT molecular complexity index is 1860. The van der Waals surface area contributed by atoms with Crippen LogP contribution in [-0.2, 0) is 56.6 Å². The second-order valence-corrected chi connectivity index (χ2v) is 17.9. The standard InChI is InChI=1S/C39H51FN4O10S/c1-7-15-42(33(46)9-3)21-25(16-34(47)54-38(4,5)6)35(48)44-22-27(53-37(50)43-20-24-11-10-12-30(40)29(24)23-43)17-31(44)32(45)19-39(18-26(39)8-2)36(49)41-55(51,52)28-13-14-28/h7,9-12,25-28,31H,1,3,8,13-23H2,2,4-6H3,(H,41,49)/t25-,26+,27+,31-,39+/m0/s1. The summed E-state index contributed by atoms with van der Waals surface area (Å²) in [6.45, 7) is 13.6. The maximum Gasteiger partial charge on any atom is 0.410 e. The van der Waals surface area contributed by atoms with Crippen molar-refractivity contribution in [3.63, 3.8) is 0 Å². The SMILES string of the molecule is C=CCN(C[C@H](CC(=O)OC(C)(C)C)C(=O)N1C[C@H](OC(=O)N2Cc3cccc(F)c3C2)C[C@H]1C(=O)C[C@]1(C(=O)NS(=O)(=O)C2CC2)C[C@H]1CC)C(=O)C=C. The highest BCUT2D eigenvalue weighted by Gasteiger charge is 2.61. The Morgan fingerprint density at radius 3 is 2.42 bits per heavy atom. The highest BCUT2D eigenvalue weighted by Crippen LogP contribution is 2.58. The van der Waals surface area contributed by atoms with Gasteiger partial charge in [0.25, 0.3) is 0 Å². The van der Waals surface area contributed by atoms with Crippen molar-refractivity contribution in [2.24, 2.45) is 17.3 Å². The summed E-state index contributed by atoms with van der Waals surface area (Å²) < 4.78 is 53.5. The van der Waals surface area contributed by atoms with Gasteiger partial charge in [-0.25, -0.2) is 17.6 Å². The molecule has 0 aromatic heterocycles. The zero-order valence-corrected chi connectivity index (χ0v) is 32.7. The average Bonchev–Trinajstić information content (AvgIpc) is 4.00. The quantitative estimate of drug-likeness (QED) is 0.148. The summed E-state index contributed by atoms with van der Waals surface area (Å²) >= 11 is 0. The third-order valence-electron chi connectivity index (χ3n) is 10.7. The van der Waals surface area contributed by atoms with Gasteiger partial charge in [-0.05, 0) is 63.7 Å². The fourth-order valence-electron chi connectivity index (χ4n) is 7.62. The number of amides is 4. The smallest absolute Gasteiger partial charge is 0.410 e. The summed E-state index contributed by atoms with van der Waals surface area (Å²) in [6.07, 6.45) is 1.39. The van der Waals surface area contributed by atoms with Crippen LogP contribution in [0.25, 0.3) is 0 Å². The molecule has 14 nitrogen and oxygen atoms in total. The van der Waals surface area contributed by atoms with Gasteiger partial charge < -0.3 is 19.3 Å². The first-order valence-corrected chi connectivity index (χ1v) is 20.2. The number of rotatable bonds is 16. The molecule has 5 rings (SSSR count). The lowest BCUT2D eigenvalue weighted by molar-refractivity contribution is -0.159. The van der Waals surface area contributed by atoms with Gasteiger partial charge in [0.15, 0.2) is 5.78 Å². The summed E-state index contributed by atoms with van der Waals surface area (Å²) in [6, 6.07) is 3.32. The molecule has 300 valence electrons. The molecule has 3 fully saturated rings. The van der Waals surface area contributed by atoms with E-state index in [1.807, 2.05) is 6.92 Å². The van der Waals surface area contributed by atoms with Crippen molar-refractivity contribution < 1.29 is 51.0 Å². The second-order valence-electron chi connectivity index (χ2n) is 16.0. The molecule has 0 radical (unpaired) electrons. The van der Waals surface area contributed by atoms with Crippen molar-refractivity contribution in [1.29, 1.82) is 0 Å². The molecule has 0 spiro atoms. The topological polar surface area (TPSA) is 177 Å². The van der Waals surface area contributed by atoms with Crippen LogP contribution < -0.4 is 4.72 Å². The number of Topliss-reactive ketones (excluding diaryl/α,β-unsaturated/α-hetero) is 1. The third-order valence-corrected chi connectivity index (χ3v) is 12.5. The Labute approximate surface area is 321 Å². The molecule has 2 heterocycles. The van der Waals surface area contributed by atoms with Gasteiger partial charge in [0, 0.05) is 38.0 Å². The minimum Gasteiger partial charge on any atom is -0.460 e. The summed E-state index contributed by atoms with van der Waals surface area (Å²) in [5, 5.41) is -0.656. The largest absolute Gasteiger partial charge is 0.460 e. The zero-order chi connectivity index (χ0) is 40.5. The minimum atomic E-state index is -3.91. The Balaban J connectivity index is 1.42. The van der Waals surface area contributed by atoms with Crippen molar-refractivity contribution in [2.45, 2.75) is 109 Å². The highest BCUT2D eigenvalue weighted by atomic mass is 32.2. The number of esters is 1. The Hall–Kier alpha value is -4.60. The fraction of sp³-hybridized carbons (Fsp3) is 0.590. The molecule has 55 heavy (non-hydrogen) atoms. The highest BCUT2D eigenvalue weighted by molar-refractivity contribution is 7.90. The van der Waals surface area contributed by atoms with Crippen LogP contribution in [0, 0.1) is 23.1 Å². The lowest BCUT2D eigenvalue weighted by Gasteiger charge is -2.31. The van der Waals surface area contributed by atoms with Crippen molar-refractivity contribution in [2.75, 3.05) is 19.6 Å². The van der Waals surface area contributed by atoms with Gasteiger partial charge in [-0.3, -0.25) is 33.6 Å². The maximum absolute atomic E-state index is 14.6. The van der Waals surface area contributed by atoms with Crippen molar-refractivity contribution >= 4 is 45.6 Å². The molecule has 1 aromatic rings. The Kier molecular flexibility index (Phi) is 12.3. The lowest BCUT2D eigenvalue weighted by atomic mass is 9.90. The molecule has 4 amide bonds. The maximum atomic E-state index is 14.6. The first-order chi connectivity index (χ1) is 25.8. The predicted molar refractivity (Wildman–Crippen MR) is 197 cm³/mol. The van der Waals surface area contributed by atoms with E-state index in [0.29, 0.717) is 30.4 Å². The molecule has 0 unspecified atom stereocenters. The second kappa shape index (κ2) is 16.2. The van der Waals surface area contributed by atoms with Gasteiger partial charge in [-0.15, -0.1) is 6.58 Å². The predicted octanol–water partition coefficient (Wildman–Crippen LogP) is 3.78. The van der Waals surface area contributed by atoms with Crippen molar-refractivity contribution in [1.82, 2.24) is 19.4 Å². The first kappa shape index (κ1) is 41.6. The van der Waals surface area contributed by atoms with E-state index in [0.717, 1.165) is 6.08 Å². The number of fused-ring (bicyclic) bond motifs is 1. The number of sulfonamides is 1. The van der Waals surface area contributed by atoms with Gasteiger partial charge in [-0.1, -0.05) is 38.1 Å². The monoisotopic (exact) mass is 786 g/mol. The number of halogens is 1. The van der Waals surface area contributed by atoms with Crippen LogP contribution >= 0.6 is 0 Å². The number of benzene rings is 1. The number of carbonyl (C=O) groups is 6.